The minimum absolute atomic E-state index is 0.367. The molecule has 1 aromatic rings. The zero-order valence-electron chi connectivity index (χ0n) is 12.4. The first-order chi connectivity index (χ1) is 10.1. The zero-order valence-corrected chi connectivity index (χ0v) is 12.4. The van der Waals surface area contributed by atoms with Gasteiger partial charge in [-0.1, -0.05) is 23.3 Å². The fraction of sp³-hybridized carbons (Fsp3) is 0.500. The molecule has 0 heterocycles. The Morgan fingerprint density at radius 1 is 1.52 bits per heavy atom. The van der Waals surface area contributed by atoms with Gasteiger partial charge in [-0.05, 0) is 38.4 Å². The van der Waals surface area contributed by atoms with E-state index in [0.29, 0.717) is 37.4 Å². The first-order valence-corrected chi connectivity index (χ1v) is 6.84. The second kappa shape index (κ2) is 8.14. The zero-order chi connectivity index (χ0) is 15.7. The Morgan fingerprint density at radius 3 is 2.86 bits per heavy atom. The quantitative estimate of drug-likeness (QED) is 0.314. The van der Waals surface area contributed by atoms with Crippen LogP contribution in [0.5, 0.6) is 5.75 Å². The number of nitrogens with zero attached hydrogens (tertiary/aromatic N) is 3. The molecule has 1 atom stereocenters. The van der Waals surface area contributed by atoms with Gasteiger partial charge in [-0.25, -0.2) is 0 Å². The van der Waals surface area contributed by atoms with E-state index in [-0.39, 0.29) is 0 Å². The van der Waals surface area contributed by atoms with Crippen molar-refractivity contribution in [2.75, 3.05) is 19.7 Å². The molecule has 1 aromatic carbocycles. The molecule has 1 amide bonds. The van der Waals surface area contributed by atoms with E-state index in [4.69, 9.17) is 16.0 Å². The van der Waals surface area contributed by atoms with E-state index in [1.54, 1.807) is 6.92 Å². The molecule has 0 radical (unpaired) electrons. The van der Waals surface area contributed by atoms with Crippen molar-refractivity contribution in [1.82, 2.24) is 5.32 Å². The van der Waals surface area contributed by atoms with Gasteiger partial charge in [-0.3, -0.25) is 10.1 Å². The molecule has 3 N–H and O–H groups in total. The van der Waals surface area contributed by atoms with E-state index in [1.807, 2.05) is 31.2 Å². The largest absolute Gasteiger partial charge is 0.494 e. The van der Waals surface area contributed by atoms with Crippen LogP contribution in [0.3, 0.4) is 0 Å². The fourth-order valence-electron chi connectivity index (χ4n) is 2.01. The second-order valence-electron chi connectivity index (χ2n) is 4.65. The maximum atomic E-state index is 11.9. The summed E-state index contributed by atoms with van der Waals surface area (Å²) in [5.74, 6) is 0.141. The van der Waals surface area contributed by atoms with Crippen molar-refractivity contribution in [3.63, 3.8) is 0 Å². The van der Waals surface area contributed by atoms with Crippen molar-refractivity contribution in [3.05, 3.63) is 40.3 Å². The number of primary amides is 1. The van der Waals surface area contributed by atoms with Crippen LogP contribution in [-0.2, 0) is 10.3 Å². The molecule has 0 saturated carbocycles. The summed E-state index contributed by atoms with van der Waals surface area (Å²) in [6.45, 7) is 4.97. The molecular weight excluding hydrogens is 270 g/mol. The molecule has 0 spiro atoms. The molecule has 7 nitrogen and oxygen atoms in total. The summed E-state index contributed by atoms with van der Waals surface area (Å²) >= 11 is 0. The minimum Gasteiger partial charge on any atom is -0.494 e. The van der Waals surface area contributed by atoms with Crippen LogP contribution in [0.25, 0.3) is 10.4 Å². The van der Waals surface area contributed by atoms with Crippen molar-refractivity contribution < 1.29 is 9.53 Å². The van der Waals surface area contributed by atoms with Gasteiger partial charge in [0.05, 0.1) is 6.61 Å². The van der Waals surface area contributed by atoms with Gasteiger partial charge in [-0.15, -0.1) is 0 Å². The fourth-order valence-corrected chi connectivity index (χ4v) is 2.01. The van der Waals surface area contributed by atoms with Crippen molar-refractivity contribution >= 4 is 5.91 Å². The number of carbonyl (C=O) groups is 1. The Bertz CT molecular complexity index is 528. The molecule has 114 valence electrons. The molecule has 21 heavy (non-hydrogen) atoms. The summed E-state index contributed by atoms with van der Waals surface area (Å²) in [5.41, 5.74) is 13.5. The van der Waals surface area contributed by atoms with E-state index in [9.17, 15) is 4.79 Å². The summed E-state index contributed by atoms with van der Waals surface area (Å²) in [6.07, 6.45) is 0.615. The number of amides is 1. The summed E-state index contributed by atoms with van der Waals surface area (Å²) in [7, 11) is 0. The summed E-state index contributed by atoms with van der Waals surface area (Å²) in [4.78, 5) is 14.6. The van der Waals surface area contributed by atoms with Crippen molar-refractivity contribution in [2.45, 2.75) is 25.8 Å². The van der Waals surface area contributed by atoms with Gasteiger partial charge in [-0.2, -0.15) is 0 Å². The lowest BCUT2D eigenvalue weighted by Crippen LogP contribution is -2.51. The smallest absolute Gasteiger partial charge is 0.242 e. The minimum atomic E-state index is -1.04. The van der Waals surface area contributed by atoms with Gasteiger partial charge in [0, 0.05) is 17.0 Å². The van der Waals surface area contributed by atoms with Gasteiger partial charge in [0.2, 0.25) is 5.91 Å². The number of para-hydroxylation sites is 1. The number of carbonyl (C=O) groups excluding carboxylic acids is 1. The molecule has 0 saturated heterocycles. The van der Waals surface area contributed by atoms with E-state index < -0.39 is 11.4 Å². The molecule has 1 rings (SSSR count). The number of hydrogen-bond donors (Lipinski definition) is 2. The lowest BCUT2D eigenvalue weighted by molar-refractivity contribution is -0.124. The number of hydrogen-bond acceptors (Lipinski definition) is 4. The first kappa shape index (κ1) is 16.8. The number of nitrogens with one attached hydrogen (secondary N) is 1. The van der Waals surface area contributed by atoms with Crippen LogP contribution in [0.2, 0.25) is 0 Å². The third kappa shape index (κ3) is 4.37. The second-order valence-corrected chi connectivity index (χ2v) is 4.65. The lowest BCUT2D eigenvalue weighted by atomic mass is 9.90. The summed E-state index contributed by atoms with van der Waals surface area (Å²) in [5, 5.41) is 6.59. The first-order valence-electron chi connectivity index (χ1n) is 6.84. The average Bonchev–Trinajstić information content (AvgIpc) is 2.47. The predicted molar refractivity (Wildman–Crippen MR) is 80.8 cm³/mol. The van der Waals surface area contributed by atoms with Crippen LogP contribution in [-0.4, -0.2) is 25.6 Å². The summed E-state index contributed by atoms with van der Waals surface area (Å²) in [6, 6.07) is 7.30. The molecule has 0 aromatic heterocycles. The topological polar surface area (TPSA) is 113 Å². The lowest BCUT2D eigenvalue weighted by Gasteiger charge is -2.29. The number of nitrogens with two attached hydrogens (primary N) is 1. The van der Waals surface area contributed by atoms with E-state index in [2.05, 4.69) is 15.3 Å². The highest BCUT2D eigenvalue weighted by Crippen LogP contribution is 2.29. The number of rotatable bonds is 9. The van der Waals surface area contributed by atoms with Crippen LogP contribution in [0.1, 0.15) is 25.8 Å². The maximum Gasteiger partial charge on any atom is 0.242 e. The average molecular weight is 291 g/mol. The predicted octanol–water partition coefficient (Wildman–Crippen LogP) is 2.08. The molecule has 0 aliphatic carbocycles. The van der Waals surface area contributed by atoms with Gasteiger partial charge in [0.25, 0.3) is 0 Å². The third-order valence-corrected chi connectivity index (χ3v) is 3.20. The molecule has 0 aliphatic heterocycles. The molecule has 1 unspecified atom stereocenters. The normalized spacial score (nSPS) is 13.0. The number of benzene rings is 1. The van der Waals surface area contributed by atoms with Gasteiger partial charge < -0.3 is 10.5 Å². The molecule has 0 aliphatic rings. The molecular formula is C14H21N5O2. The van der Waals surface area contributed by atoms with Crippen LogP contribution >= 0.6 is 0 Å². The van der Waals surface area contributed by atoms with Crippen LogP contribution in [0.4, 0.5) is 0 Å². The van der Waals surface area contributed by atoms with Crippen LogP contribution < -0.4 is 15.8 Å². The highest BCUT2D eigenvalue weighted by molar-refractivity contribution is 5.86. The standard InChI is InChI=1S/C14H21N5O2/c1-3-21-12-8-5-4-7-11(12)14(2,13(15)20)17-9-6-10-18-19-16/h4-5,7-8,17H,3,6,9-10H2,1-2H3,(H2,15,20). The Morgan fingerprint density at radius 2 is 2.24 bits per heavy atom. The molecule has 0 bridgehead atoms. The van der Waals surface area contributed by atoms with E-state index in [1.165, 1.54) is 0 Å². The van der Waals surface area contributed by atoms with Crippen molar-refractivity contribution in [3.8, 4) is 5.75 Å². The van der Waals surface area contributed by atoms with E-state index >= 15 is 0 Å². The van der Waals surface area contributed by atoms with Gasteiger partial charge in [0.15, 0.2) is 0 Å². The highest BCUT2D eigenvalue weighted by Gasteiger charge is 2.35. The van der Waals surface area contributed by atoms with Crippen LogP contribution in [0, 0.1) is 0 Å². The molecule has 0 fully saturated rings. The molecule has 7 heteroatoms. The highest BCUT2D eigenvalue weighted by atomic mass is 16.5. The Hall–Kier alpha value is -2.24. The van der Waals surface area contributed by atoms with Crippen LogP contribution in [0.15, 0.2) is 29.4 Å². The number of ether oxygens (including phenoxy) is 1. The maximum absolute atomic E-state index is 11.9. The Labute approximate surface area is 124 Å². The monoisotopic (exact) mass is 291 g/mol. The van der Waals surface area contributed by atoms with Crippen molar-refractivity contribution in [1.29, 1.82) is 0 Å². The Kier molecular flexibility index (Phi) is 6.52. The SMILES string of the molecule is CCOc1ccccc1C(C)(NCCCN=[N+]=[N-])C(N)=O. The van der Waals surface area contributed by atoms with Crippen molar-refractivity contribution in [2.24, 2.45) is 10.8 Å². The van der Waals surface area contributed by atoms with E-state index in [0.717, 1.165) is 0 Å². The third-order valence-electron chi connectivity index (χ3n) is 3.20. The number of azide groups is 1. The Balaban J connectivity index is 2.94. The van der Waals surface area contributed by atoms with Gasteiger partial charge >= 0.3 is 0 Å². The summed E-state index contributed by atoms with van der Waals surface area (Å²) < 4.78 is 5.56. The van der Waals surface area contributed by atoms with Gasteiger partial charge in [0.1, 0.15) is 11.3 Å².